The highest BCUT2D eigenvalue weighted by Gasteiger charge is 2.24. The first-order chi connectivity index (χ1) is 10.6. The maximum atomic E-state index is 3.84. The summed E-state index contributed by atoms with van der Waals surface area (Å²) in [6.07, 6.45) is 12.3. The molecule has 2 rings (SSSR count). The summed E-state index contributed by atoms with van der Waals surface area (Å²) in [5.41, 5.74) is 3.27. The molecule has 2 saturated carbocycles. The van der Waals surface area contributed by atoms with Crippen LogP contribution < -0.4 is 10.6 Å². The Bertz CT molecular complexity index is 339. The van der Waals surface area contributed by atoms with Crippen molar-refractivity contribution >= 4 is 0 Å². The first-order valence-corrected chi connectivity index (χ1v) is 9.66. The minimum Gasteiger partial charge on any atom is -0.317 e. The molecule has 0 amide bonds. The van der Waals surface area contributed by atoms with Crippen LogP contribution >= 0.6 is 0 Å². The Morgan fingerprint density at radius 1 is 1.00 bits per heavy atom. The molecule has 2 heteroatoms. The van der Waals surface area contributed by atoms with E-state index in [4.69, 9.17) is 0 Å². The Balaban J connectivity index is 1.60. The van der Waals surface area contributed by atoms with Crippen molar-refractivity contribution in [2.24, 2.45) is 11.8 Å². The van der Waals surface area contributed by atoms with Crippen LogP contribution in [0.4, 0.5) is 0 Å². The van der Waals surface area contributed by atoms with Gasteiger partial charge in [-0.25, -0.2) is 0 Å². The molecule has 2 aliphatic carbocycles. The molecule has 0 saturated heterocycles. The summed E-state index contributed by atoms with van der Waals surface area (Å²) in [6, 6.07) is 1.56. The summed E-state index contributed by atoms with van der Waals surface area (Å²) in [6.45, 7) is 8.25. The molecule has 128 valence electrons. The molecule has 2 fully saturated rings. The van der Waals surface area contributed by atoms with E-state index in [9.17, 15) is 0 Å². The second kappa shape index (κ2) is 9.08. The Morgan fingerprint density at radius 2 is 1.64 bits per heavy atom. The van der Waals surface area contributed by atoms with E-state index in [2.05, 4.69) is 38.5 Å². The zero-order valence-corrected chi connectivity index (χ0v) is 15.4. The fraction of sp³-hybridized carbons (Fsp3) is 0.900. The van der Waals surface area contributed by atoms with E-state index in [0.29, 0.717) is 0 Å². The van der Waals surface area contributed by atoms with Crippen LogP contribution in [0.2, 0.25) is 0 Å². The van der Waals surface area contributed by atoms with Gasteiger partial charge in [0, 0.05) is 12.1 Å². The Hall–Kier alpha value is -0.340. The number of hydrogen-bond donors (Lipinski definition) is 2. The lowest BCUT2D eigenvalue weighted by Crippen LogP contribution is -2.35. The molecule has 2 N–H and O–H groups in total. The summed E-state index contributed by atoms with van der Waals surface area (Å²) >= 11 is 0. The summed E-state index contributed by atoms with van der Waals surface area (Å²) in [4.78, 5) is 0. The fourth-order valence-corrected chi connectivity index (χ4v) is 4.40. The van der Waals surface area contributed by atoms with E-state index in [-0.39, 0.29) is 0 Å². The maximum absolute atomic E-state index is 3.84. The van der Waals surface area contributed by atoms with Crippen molar-refractivity contribution in [3.05, 3.63) is 11.1 Å². The fourth-order valence-electron chi connectivity index (χ4n) is 4.40. The molecular weight excluding hydrogens is 268 g/mol. The zero-order chi connectivity index (χ0) is 15.9. The van der Waals surface area contributed by atoms with Gasteiger partial charge in [0.1, 0.15) is 0 Å². The Labute approximate surface area is 138 Å². The highest BCUT2D eigenvalue weighted by atomic mass is 14.9. The topological polar surface area (TPSA) is 24.1 Å². The molecule has 2 aliphatic rings. The highest BCUT2D eigenvalue weighted by molar-refractivity contribution is 5.12. The minimum absolute atomic E-state index is 0.773. The zero-order valence-electron chi connectivity index (χ0n) is 15.4. The smallest absolute Gasteiger partial charge is 0.00731 e. The lowest BCUT2D eigenvalue weighted by Gasteiger charge is -2.33. The van der Waals surface area contributed by atoms with Crippen molar-refractivity contribution in [1.29, 1.82) is 0 Å². The van der Waals surface area contributed by atoms with Crippen LogP contribution in [0.5, 0.6) is 0 Å². The molecule has 0 aliphatic heterocycles. The van der Waals surface area contributed by atoms with Crippen LogP contribution in [-0.4, -0.2) is 25.7 Å². The Kier molecular flexibility index (Phi) is 7.43. The molecule has 0 heterocycles. The van der Waals surface area contributed by atoms with Gasteiger partial charge >= 0.3 is 0 Å². The van der Waals surface area contributed by atoms with Gasteiger partial charge < -0.3 is 10.6 Å². The van der Waals surface area contributed by atoms with E-state index in [0.717, 1.165) is 23.9 Å². The second-order valence-corrected chi connectivity index (χ2v) is 8.00. The van der Waals surface area contributed by atoms with Crippen molar-refractivity contribution in [3.8, 4) is 0 Å². The van der Waals surface area contributed by atoms with Gasteiger partial charge in [-0.3, -0.25) is 0 Å². The predicted octanol–water partition coefficient (Wildman–Crippen LogP) is 4.66. The molecular formula is C20H38N2. The molecule has 0 bridgehead atoms. The quantitative estimate of drug-likeness (QED) is 0.697. The van der Waals surface area contributed by atoms with Crippen molar-refractivity contribution < 1.29 is 0 Å². The van der Waals surface area contributed by atoms with Crippen LogP contribution in [0.3, 0.4) is 0 Å². The van der Waals surface area contributed by atoms with Crippen LogP contribution in [0, 0.1) is 11.8 Å². The van der Waals surface area contributed by atoms with E-state index in [1.54, 1.807) is 11.1 Å². The molecule has 1 unspecified atom stereocenters. The van der Waals surface area contributed by atoms with Gasteiger partial charge in [-0.1, -0.05) is 18.1 Å². The van der Waals surface area contributed by atoms with Crippen molar-refractivity contribution in [2.45, 2.75) is 90.6 Å². The van der Waals surface area contributed by atoms with Gasteiger partial charge in [-0.05, 0) is 97.1 Å². The van der Waals surface area contributed by atoms with Gasteiger partial charge in [0.05, 0.1) is 0 Å². The van der Waals surface area contributed by atoms with Gasteiger partial charge in [0.15, 0.2) is 0 Å². The summed E-state index contributed by atoms with van der Waals surface area (Å²) in [5, 5.41) is 7.28. The largest absolute Gasteiger partial charge is 0.317 e. The summed E-state index contributed by atoms with van der Waals surface area (Å²) in [5.74, 6) is 1.86. The standard InChI is InChI=1S/C20H38N2/c1-15(2)17-5-11-20(12-6-17)22-14-13-16(3)18-7-9-19(21-4)10-8-18/h16,18-22H,5-14H2,1-4H3. The number of nitrogens with one attached hydrogen (secondary N) is 2. The normalized spacial score (nSPS) is 31.1. The van der Waals surface area contributed by atoms with Crippen LogP contribution in [0.1, 0.15) is 78.6 Å². The van der Waals surface area contributed by atoms with E-state index in [1.165, 1.54) is 64.3 Å². The van der Waals surface area contributed by atoms with Gasteiger partial charge in [0.2, 0.25) is 0 Å². The third kappa shape index (κ3) is 5.38. The van der Waals surface area contributed by atoms with E-state index >= 15 is 0 Å². The average Bonchev–Trinajstić information content (AvgIpc) is 2.55. The first kappa shape index (κ1) is 18.0. The molecule has 22 heavy (non-hydrogen) atoms. The van der Waals surface area contributed by atoms with Gasteiger partial charge in [0.25, 0.3) is 0 Å². The molecule has 2 nitrogen and oxygen atoms in total. The van der Waals surface area contributed by atoms with E-state index < -0.39 is 0 Å². The molecule has 0 spiro atoms. The highest BCUT2D eigenvalue weighted by Crippen LogP contribution is 2.32. The molecule has 0 aromatic heterocycles. The second-order valence-electron chi connectivity index (χ2n) is 8.00. The lowest BCUT2D eigenvalue weighted by molar-refractivity contribution is 0.221. The first-order valence-electron chi connectivity index (χ1n) is 9.66. The monoisotopic (exact) mass is 306 g/mol. The van der Waals surface area contributed by atoms with Gasteiger partial charge in [-0.2, -0.15) is 0 Å². The summed E-state index contributed by atoms with van der Waals surface area (Å²) < 4.78 is 0. The maximum Gasteiger partial charge on any atom is 0.00731 e. The van der Waals surface area contributed by atoms with Crippen molar-refractivity contribution in [1.82, 2.24) is 10.6 Å². The molecule has 0 radical (unpaired) electrons. The third-order valence-corrected chi connectivity index (χ3v) is 6.31. The molecule has 0 aromatic rings. The average molecular weight is 307 g/mol. The SMILES string of the molecule is CNC1CCC(C(C)CCNC2CCC(=C(C)C)CC2)CC1. The summed E-state index contributed by atoms with van der Waals surface area (Å²) in [7, 11) is 2.11. The number of rotatable bonds is 6. The van der Waals surface area contributed by atoms with Gasteiger partial charge in [-0.15, -0.1) is 0 Å². The number of allylic oxidation sites excluding steroid dienone is 2. The van der Waals surface area contributed by atoms with Crippen LogP contribution in [0.15, 0.2) is 11.1 Å². The molecule has 0 aromatic carbocycles. The van der Waals surface area contributed by atoms with Crippen molar-refractivity contribution in [2.75, 3.05) is 13.6 Å². The van der Waals surface area contributed by atoms with Crippen LogP contribution in [-0.2, 0) is 0 Å². The number of hydrogen-bond acceptors (Lipinski definition) is 2. The van der Waals surface area contributed by atoms with E-state index in [1.807, 2.05) is 0 Å². The lowest BCUT2D eigenvalue weighted by atomic mass is 9.77. The molecule has 1 atom stereocenters. The van der Waals surface area contributed by atoms with Crippen LogP contribution in [0.25, 0.3) is 0 Å². The Morgan fingerprint density at radius 3 is 2.18 bits per heavy atom. The minimum atomic E-state index is 0.773. The predicted molar refractivity (Wildman–Crippen MR) is 97.2 cm³/mol. The van der Waals surface area contributed by atoms with Crippen molar-refractivity contribution in [3.63, 3.8) is 0 Å². The third-order valence-electron chi connectivity index (χ3n) is 6.31.